The molecular weight excluding hydrogens is 430 g/mol. The Morgan fingerprint density at radius 2 is 1.56 bits per heavy atom. The minimum atomic E-state index is -0.796. The fourth-order valence-corrected chi connectivity index (χ4v) is 3.55. The first-order valence-electron chi connectivity index (χ1n) is 9.77. The van der Waals surface area contributed by atoms with Gasteiger partial charge >= 0.3 is 0 Å². The number of methoxy groups -OCH3 is 2. The summed E-state index contributed by atoms with van der Waals surface area (Å²) < 4.78 is 16.7. The van der Waals surface area contributed by atoms with Crippen molar-refractivity contribution in [3.05, 3.63) is 94.8 Å². The number of nitrogens with one attached hydrogen (secondary N) is 1. The second kappa shape index (κ2) is 9.53. The number of carbonyl (C=O) groups is 1. The summed E-state index contributed by atoms with van der Waals surface area (Å²) in [5.74, 6) is 0.829. The van der Waals surface area contributed by atoms with Crippen LogP contribution in [0.2, 0.25) is 5.02 Å². The number of halogens is 1. The van der Waals surface area contributed by atoms with Crippen LogP contribution in [0.4, 0.5) is 0 Å². The van der Waals surface area contributed by atoms with Gasteiger partial charge in [-0.2, -0.15) is 0 Å². The molecule has 1 aromatic heterocycles. The lowest BCUT2D eigenvalue weighted by atomic mass is 10.1. The Kier molecular flexibility index (Phi) is 6.37. The zero-order valence-corrected chi connectivity index (χ0v) is 18.2. The summed E-state index contributed by atoms with van der Waals surface area (Å²) in [5.41, 5.74) is 1.62. The van der Waals surface area contributed by atoms with E-state index in [0.717, 1.165) is 5.56 Å². The lowest BCUT2D eigenvalue weighted by molar-refractivity contribution is 0.0931. The van der Waals surface area contributed by atoms with Gasteiger partial charge in [0.15, 0.2) is 0 Å². The van der Waals surface area contributed by atoms with Gasteiger partial charge in [0.25, 0.3) is 5.91 Å². The molecule has 8 heteroatoms. The van der Waals surface area contributed by atoms with Crippen molar-refractivity contribution in [3.8, 4) is 23.0 Å². The van der Waals surface area contributed by atoms with E-state index in [-0.39, 0.29) is 11.5 Å². The SMILES string of the molecule is COc1cccc(OC)c1C(=O)NC(c1nnc(-c2ccccc2)o1)c1ccccc1Cl. The molecular formula is C24H20ClN3O4. The molecule has 4 rings (SSSR count). The summed E-state index contributed by atoms with van der Waals surface area (Å²) in [5, 5.41) is 11.7. The number of nitrogens with zero attached hydrogens (tertiary/aromatic N) is 2. The molecule has 0 bridgehead atoms. The first-order chi connectivity index (χ1) is 15.6. The van der Waals surface area contributed by atoms with Gasteiger partial charge in [-0.15, -0.1) is 10.2 Å². The molecule has 0 fully saturated rings. The van der Waals surface area contributed by atoms with Crippen LogP contribution in [0.15, 0.2) is 77.2 Å². The molecule has 3 aromatic carbocycles. The van der Waals surface area contributed by atoms with Crippen LogP contribution in [-0.4, -0.2) is 30.3 Å². The van der Waals surface area contributed by atoms with E-state index in [9.17, 15) is 4.79 Å². The smallest absolute Gasteiger partial charge is 0.259 e. The van der Waals surface area contributed by atoms with E-state index in [1.165, 1.54) is 14.2 Å². The lowest BCUT2D eigenvalue weighted by Crippen LogP contribution is -2.30. The third-order valence-electron chi connectivity index (χ3n) is 4.85. The highest BCUT2D eigenvalue weighted by Crippen LogP contribution is 2.32. The van der Waals surface area contributed by atoms with E-state index in [4.69, 9.17) is 25.5 Å². The minimum absolute atomic E-state index is 0.194. The van der Waals surface area contributed by atoms with E-state index in [1.807, 2.05) is 36.4 Å². The van der Waals surface area contributed by atoms with Gasteiger partial charge in [-0.05, 0) is 30.3 Å². The zero-order valence-electron chi connectivity index (χ0n) is 17.4. The standard InChI is InChI=1S/C24H20ClN3O4/c1-30-18-13-8-14-19(31-2)20(18)22(29)26-21(16-11-6-7-12-17(16)25)24-28-27-23(32-24)15-9-4-3-5-10-15/h3-14,21H,1-2H3,(H,26,29). The molecule has 1 N–H and O–H groups in total. The summed E-state index contributed by atoms with van der Waals surface area (Å²) in [6.07, 6.45) is 0. The molecule has 1 unspecified atom stereocenters. The number of aromatic nitrogens is 2. The molecule has 4 aromatic rings. The third kappa shape index (κ3) is 4.29. The molecule has 162 valence electrons. The van der Waals surface area contributed by atoms with E-state index in [2.05, 4.69) is 15.5 Å². The highest BCUT2D eigenvalue weighted by molar-refractivity contribution is 6.31. The fourth-order valence-electron chi connectivity index (χ4n) is 3.31. The van der Waals surface area contributed by atoms with Crippen molar-refractivity contribution in [1.82, 2.24) is 15.5 Å². The maximum Gasteiger partial charge on any atom is 0.259 e. The average Bonchev–Trinajstić information content (AvgIpc) is 3.33. The molecule has 0 aliphatic heterocycles. The number of carbonyl (C=O) groups excluding carboxylic acids is 1. The Morgan fingerprint density at radius 3 is 2.22 bits per heavy atom. The molecule has 0 saturated heterocycles. The molecule has 0 aliphatic rings. The van der Waals surface area contributed by atoms with Gasteiger partial charge in [-0.3, -0.25) is 4.79 Å². The zero-order chi connectivity index (χ0) is 22.5. The summed E-state index contributed by atoms with van der Waals surface area (Å²) in [4.78, 5) is 13.3. The normalized spacial score (nSPS) is 11.6. The van der Waals surface area contributed by atoms with Gasteiger partial charge in [0, 0.05) is 16.1 Å². The highest BCUT2D eigenvalue weighted by atomic mass is 35.5. The maximum atomic E-state index is 13.3. The molecule has 32 heavy (non-hydrogen) atoms. The van der Waals surface area contributed by atoms with Crippen LogP contribution in [0, 0.1) is 0 Å². The van der Waals surface area contributed by atoms with E-state index in [0.29, 0.717) is 28.0 Å². The van der Waals surface area contributed by atoms with Gasteiger partial charge in [-0.1, -0.05) is 54.1 Å². The molecule has 0 saturated carbocycles. The van der Waals surface area contributed by atoms with Crippen LogP contribution in [-0.2, 0) is 0 Å². The number of amides is 1. The first-order valence-corrected chi connectivity index (χ1v) is 10.1. The van der Waals surface area contributed by atoms with Crippen LogP contribution in [0.5, 0.6) is 11.5 Å². The summed E-state index contributed by atoms with van der Waals surface area (Å²) in [6, 6.07) is 20.8. The van der Waals surface area contributed by atoms with Crippen LogP contribution in [0.1, 0.15) is 27.9 Å². The Bertz CT molecular complexity index is 1200. The van der Waals surface area contributed by atoms with Crippen molar-refractivity contribution in [3.63, 3.8) is 0 Å². The highest BCUT2D eigenvalue weighted by Gasteiger charge is 2.28. The van der Waals surface area contributed by atoms with E-state index < -0.39 is 11.9 Å². The predicted octanol–water partition coefficient (Wildman–Crippen LogP) is 4.93. The summed E-state index contributed by atoms with van der Waals surface area (Å²) >= 11 is 6.45. The number of rotatable bonds is 7. The molecule has 1 atom stereocenters. The number of hydrogen-bond donors (Lipinski definition) is 1. The summed E-state index contributed by atoms with van der Waals surface area (Å²) in [7, 11) is 2.97. The Labute approximate surface area is 190 Å². The van der Waals surface area contributed by atoms with Gasteiger partial charge in [0.1, 0.15) is 23.1 Å². The van der Waals surface area contributed by atoms with Gasteiger partial charge in [0.2, 0.25) is 11.8 Å². The van der Waals surface area contributed by atoms with Crippen molar-refractivity contribution < 1.29 is 18.7 Å². The van der Waals surface area contributed by atoms with Crippen LogP contribution >= 0.6 is 11.6 Å². The quantitative estimate of drug-likeness (QED) is 0.430. The fraction of sp³-hybridized carbons (Fsp3) is 0.125. The number of benzene rings is 3. The third-order valence-corrected chi connectivity index (χ3v) is 5.20. The van der Waals surface area contributed by atoms with E-state index in [1.54, 1.807) is 36.4 Å². The van der Waals surface area contributed by atoms with Gasteiger partial charge < -0.3 is 19.2 Å². The molecule has 1 heterocycles. The van der Waals surface area contributed by atoms with Crippen molar-refractivity contribution in [2.75, 3.05) is 14.2 Å². The Hall–Kier alpha value is -3.84. The van der Waals surface area contributed by atoms with Gasteiger partial charge in [-0.25, -0.2) is 0 Å². The van der Waals surface area contributed by atoms with Crippen molar-refractivity contribution in [1.29, 1.82) is 0 Å². The second-order valence-corrected chi connectivity index (χ2v) is 7.18. The number of hydrogen-bond acceptors (Lipinski definition) is 6. The first kappa shape index (κ1) is 21.4. The molecule has 0 radical (unpaired) electrons. The van der Waals surface area contributed by atoms with Crippen LogP contribution < -0.4 is 14.8 Å². The number of ether oxygens (including phenoxy) is 2. The molecule has 0 spiro atoms. The molecule has 1 amide bonds. The Balaban J connectivity index is 1.75. The van der Waals surface area contributed by atoms with E-state index >= 15 is 0 Å². The monoisotopic (exact) mass is 449 g/mol. The van der Waals surface area contributed by atoms with Crippen molar-refractivity contribution in [2.24, 2.45) is 0 Å². The topological polar surface area (TPSA) is 86.5 Å². The van der Waals surface area contributed by atoms with Crippen LogP contribution in [0.3, 0.4) is 0 Å². The van der Waals surface area contributed by atoms with Gasteiger partial charge in [0.05, 0.1) is 14.2 Å². The minimum Gasteiger partial charge on any atom is -0.496 e. The maximum absolute atomic E-state index is 13.3. The van der Waals surface area contributed by atoms with Crippen molar-refractivity contribution in [2.45, 2.75) is 6.04 Å². The molecule has 0 aliphatic carbocycles. The lowest BCUT2D eigenvalue weighted by Gasteiger charge is -2.19. The largest absolute Gasteiger partial charge is 0.496 e. The molecule has 7 nitrogen and oxygen atoms in total. The predicted molar refractivity (Wildman–Crippen MR) is 120 cm³/mol. The Morgan fingerprint density at radius 1 is 0.906 bits per heavy atom. The van der Waals surface area contributed by atoms with Crippen LogP contribution in [0.25, 0.3) is 11.5 Å². The van der Waals surface area contributed by atoms with Crippen molar-refractivity contribution >= 4 is 17.5 Å². The second-order valence-electron chi connectivity index (χ2n) is 6.78. The summed E-state index contributed by atoms with van der Waals surface area (Å²) in [6.45, 7) is 0. The average molecular weight is 450 g/mol.